The highest BCUT2D eigenvalue weighted by atomic mass is 32.2. The molecular formula is C20H20N4O4S2. The molecule has 8 nitrogen and oxygen atoms in total. The average molecular weight is 445 g/mol. The number of para-hydroxylation sites is 2. The van der Waals surface area contributed by atoms with Crippen molar-refractivity contribution in [2.75, 3.05) is 21.9 Å². The molecule has 1 atom stereocenters. The minimum atomic E-state index is -3.56. The zero-order valence-electron chi connectivity index (χ0n) is 16.4. The Morgan fingerprint density at radius 1 is 1.20 bits per heavy atom. The molecule has 10 heteroatoms. The topological polar surface area (TPSA) is 101 Å². The molecule has 1 N–H and O–H groups in total. The van der Waals surface area contributed by atoms with Crippen LogP contribution in [0, 0.1) is 6.92 Å². The summed E-state index contributed by atoms with van der Waals surface area (Å²) in [6, 6.07) is 14.6. The van der Waals surface area contributed by atoms with Gasteiger partial charge in [0.05, 0.1) is 18.0 Å². The van der Waals surface area contributed by atoms with Crippen molar-refractivity contribution in [2.45, 2.75) is 20.0 Å². The number of anilines is 2. The zero-order valence-corrected chi connectivity index (χ0v) is 18.0. The number of amides is 1. The third-order valence-corrected chi connectivity index (χ3v) is 7.32. The standard InChI is InChI=1S/C20H20N4O4S2/c1-3-30(26,27)24-12-17(28-16-7-5-4-6-15(16)24)18(25)21-20-23-22-19(29-20)14-10-8-13(2)9-11-14/h4-11,17H,3,12H2,1-2H3,(H,21,23,25)/t17-/m1/s1. The minimum Gasteiger partial charge on any atom is -0.476 e. The largest absolute Gasteiger partial charge is 0.476 e. The highest BCUT2D eigenvalue weighted by molar-refractivity contribution is 7.92. The number of carbonyl (C=O) groups is 1. The van der Waals surface area contributed by atoms with Crippen molar-refractivity contribution in [1.29, 1.82) is 0 Å². The van der Waals surface area contributed by atoms with Crippen molar-refractivity contribution in [3.63, 3.8) is 0 Å². The Kier molecular flexibility index (Phi) is 5.44. The molecule has 2 heterocycles. The number of benzene rings is 2. The van der Waals surface area contributed by atoms with Gasteiger partial charge in [0.15, 0.2) is 6.10 Å². The van der Waals surface area contributed by atoms with E-state index in [1.54, 1.807) is 31.2 Å². The average Bonchev–Trinajstić information content (AvgIpc) is 3.21. The summed E-state index contributed by atoms with van der Waals surface area (Å²) >= 11 is 1.24. The highest BCUT2D eigenvalue weighted by Crippen LogP contribution is 2.35. The van der Waals surface area contributed by atoms with E-state index in [9.17, 15) is 13.2 Å². The smallest absolute Gasteiger partial charge is 0.269 e. The molecule has 0 fully saturated rings. The second kappa shape index (κ2) is 8.04. The summed E-state index contributed by atoms with van der Waals surface area (Å²) < 4.78 is 32.1. The Morgan fingerprint density at radius 2 is 1.93 bits per heavy atom. The van der Waals surface area contributed by atoms with Crippen LogP contribution in [0.3, 0.4) is 0 Å². The predicted molar refractivity (Wildman–Crippen MR) is 116 cm³/mol. The molecule has 0 saturated carbocycles. The van der Waals surface area contributed by atoms with Crippen molar-refractivity contribution < 1.29 is 17.9 Å². The number of rotatable bonds is 5. The van der Waals surface area contributed by atoms with Gasteiger partial charge in [0, 0.05) is 5.56 Å². The summed E-state index contributed by atoms with van der Waals surface area (Å²) in [4.78, 5) is 12.8. The summed E-state index contributed by atoms with van der Waals surface area (Å²) in [6.45, 7) is 3.46. The Bertz CT molecular complexity index is 1180. The maximum absolute atomic E-state index is 12.8. The van der Waals surface area contributed by atoms with Gasteiger partial charge in [-0.2, -0.15) is 0 Å². The lowest BCUT2D eigenvalue weighted by Crippen LogP contribution is -2.49. The first-order valence-corrected chi connectivity index (χ1v) is 11.8. The fraction of sp³-hybridized carbons (Fsp3) is 0.250. The van der Waals surface area contributed by atoms with Gasteiger partial charge in [0.25, 0.3) is 5.91 Å². The van der Waals surface area contributed by atoms with Crippen molar-refractivity contribution in [1.82, 2.24) is 10.2 Å². The molecule has 1 aromatic heterocycles. The van der Waals surface area contributed by atoms with E-state index in [0.717, 1.165) is 11.1 Å². The van der Waals surface area contributed by atoms with Crippen LogP contribution in [0.15, 0.2) is 48.5 Å². The highest BCUT2D eigenvalue weighted by Gasteiger charge is 2.36. The number of ether oxygens (including phenoxy) is 1. The number of hydrogen-bond donors (Lipinski definition) is 1. The van der Waals surface area contributed by atoms with Gasteiger partial charge >= 0.3 is 0 Å². The molecule has 1 amide bonds. The van der Waals surface area contributed by atoms with E-state index in [0.29, 0.717) is 21.6 Å². The summed E-state index contributed by atoms with van der Waals surface area (Å²) in [5, 5.41) is 11.8. The van der Waals surface area contributed by atoms with Crippen LogP contribution < -0.4 is 14.4 Å². The first kappa shape index (κ1) is 20.3. The molecule has 0 saturated heterocycles. The third-order valence-electron chi connectivity index (χ3n) is 4.68. The van der Waals surface area contributed by atoms with Gasteiger partial charge in [-0.25, -0.2) is 8.42 Å². The van der Waals surface area contributed by atoms with E-state index in [4.69, 9.17) is 4.74 Å². The molecule has 0 aliphatic carbocycles. The molecule has 0 radical (unpaired) electrons. The minimum absolute atomic E-state index is 0.0774. The lowest BCUT2D eigenvalue weighted by molar-refractivity contribution is -0.122. The van der Waals surface area contributed by atoms with E-state index in [1.807, 2.05) is 31.2 Å². The number of nitrogens with one attached hydrogen (secondary N) is 1. The van der Waals surface area contributed by atoms with E-state index < -0.39 is 22.0 Å². The molecule has 3 aromatic rings. The molecule has 30 heavy (non-hydrogen) atoms. The Balaban J connectivity index is 1.53. The Morgan fingerprint density at radius 3 is 2.67 bits per heavy atom. The first-order chi connectivity index (χ1) is 14.4. The number of carbonyl (C=O) groups excluding carboxylic acids is 1. The molecular weight excluding hydrogens is 424 g/mol. The quantitative estimate of drug-likeness (QED) is 0.649. The molecule has 1 aliphatic heterocycles. The first-order valence-electron chi connectivity index (χ1n) is 9.35. The monoisotopic (exact) mass is 444 g/mol. The summed E-state index contributed by atoms with van der Waals surface area (Å²) in [5.74, 6) is -0.211. The van der Waals surface area contributed by atoms with Crippen LogP contribution in [0.2, 0.25) is 0 Å². The fourth-order valence-electron chi connectivity index (χ4n) is 3.03. The lowest BCUT2D eigenvalue weighted by Gasteiger charge is -2.34. The van der Waals surface area contributed by atoms with Crippen molar-refractivity contribution in [2.24, 2.45) is 0 Å². The predicted octanol–water partition coefficient (Wildman–Crippen LogP) is 3.07. The molecule has 1 aliphatic rings. The number of hydrogen-bond acceptors (Lipinski definition) is 7. The zero-order chi connectivity index (χ0) is 21.3. The van der Waals surface area contributed by atoms with E-state index in [2.05, 4.69) is 15.5 Å². The van der Waals surface area contributed by atoms with Gasteiger partial charge in [-0.05, 0) is 26.0 Å². The summed E-state index contributed by atoms with van der Waals surface area (Å²) in [6.07, 6.45) is -1.01. The number of sulfonamides is 1. The summed E-state index contributed by atoms with van der Waals surface area (Å²) in [7, 11) is -3.56. The molecule has 2 aromatic carbocycles. The number of nitrogens with zero attached hydrogens (tertiary/aromatic N) is 3. The van der Waals surface area contributed by atoms with E-state index in [1.165, 1.54) is 15.6 Å². The number of fused-ring (bicyclic) bond motifs is 1. The maximum Gasteiger partial charge on any atom is 0.269 e. The second-order valence-corrected chi connectivity index (χ2v) is 9.93. The molecule has 0 spiro atoms. The second-order valence-electron chi connectivity index (χ2n) is 6.77. The fourth-order valence-corrected chi connectivity index (χ4v) is 4.91. The molecule has 156 valence electrons. The Hall–Kier alpha value is -2.98. The van der Waals surface area contributed by atoms with Gasteiger partial charge in [-0.15, -0.1) is 10.2 Å². The molecule has 0 bridgehead atoms. The lowest BCUT2D eigenvalue weighted by atomic mass is 10.2. The van der Waals surface area contributed by atoms with Gasteiger partial charge in [-0.3, -0.25) is 14.4 Å². The van der Waals surface area contributed by atoms with Crippen LogP contribution >= 0.6 is 11.3 Å². The summed E-state index contributed by atoms with van der Waals surface area (Å²) in [5.41, 5.74) is 2.47. The van der Waals surface area contributed by atoms with Crippen LogP contribution in [0.5, 0.6) is 5.75 Å². The van der Waals surface area contributed by atoms with Crippen LogP contribution in [0.1, 0.15) is 12.5 Å². The van der Waals surface area contributed by atoms with Crippen LogP contribution in [0.4, 0.5) is 10.8 Å². The van der Waals surface area contributed by atoms with E-state index in [-0.39, 0.29) is 12.3 Å². The van der Waals surface area contributed by atoms with Gasteiger partial charge < -0.3 is 4.74 Å². The van der Waals surface area contributed by atoms with Crippen LogP contribution in [0.25, 0.3) is 10.6 Å². The van der Waals surface area contributed by atoms with Crippen molar-refractivity contribution in [3.05, 3.63) is 54.1 Å². The van der Waals surface area contributed by atoms with Gasteiger partial charge in [-0.1, -0.05) is 53.3 Å². The van der Waals surface area contributed by atoms with Crippen LogP contribution in [-0.4, -0.2) is 42.9 Å². The van der Waals surface area contributed by atoms with E-state index >= 15 is 0 Å². The maximum atomic E-state index is 12.8. The number of aromatic nitrogens is 2. The molecule has 4 rings (SSSR count). The normalized spacial score (nSPS) is 15.9. The van der Waals surface area contributed by atoms with Gasteiger partial charge in [0.2, 0.25) is 15.2 Å². The SMILES string of the molecule is CCS(=O)(=O)N1C[C@H](C(=O)Nc2nnc(-c3ccc(C)cc3)s2)Oc2ccccc21. The molecule has 0 unspecified atom stereocenters. The third kappa shape index (κ3) is 4.01. The van der Waals surface area contributed by atoms with Crippen LogP contribution in [-0.2, 0) is 14.8 Å². The van der Waals surface area contributed by atoms with Gasteiger partial charge in [0.1, 0.15) is 10.8 Å². The Labute approximate surface area is 178 Å². The van der Waals surface area contributed by atoms with Crippen molar-refractivity contribution >= 4 is 38.1 Å². The number of aryl methyl sites for hydroxylation is 1. The van der Waals surface area contributed by atoms with Crippen molar-refractivity contribution in [3.8, 4) is 16.3 Å².